The summed E-state index contributed by atoms with van der Waals surface area (Å²) in [6.07, 6.45) is -0.515. The molecule has 2 rings (SSSR count). The Kier molecular flexibility index (Phi) is 3.14. The molecule has 1 aromatic rings. The number of benzene rings is 1. The topological polar surface area (TPSA) is 65.0 Å². The molecular weight excluding hydrogens is 231 g/mol. The van der Waals surface area contributed by atoms with Gasteiger partial charge in [-0.25, -0.2) is 9.18 Å². The minimum absolute atomic E-state index is 0.139. The van der Waals surface area contributed by atoms with Gasteiger partial charge in [0.25, 0.3) is 0 Å². The quantitative estimate of drug-likeness (QED) is 0.775. The molecule has 0 fully saturated rings. The van der Waals surface area contributed by atoms with Crippen molar-refractivity contribution < 1.29 is 28.5 Å². The zero-order valence-corrected chi connectivity index (χ0v) is 9.10. The molecule has 1 aliphatic rings. The van der Waals surface area contributed by atoms with Crippen molar-refractivity contribution in [1.82, 2.24) is 0 Å². The molecule has 1 N–H and O–H groups in total. The Labute approximate surface area is 96.7 Å². The Morgan fingerprint density at radius 2 is 2.35 bits per heavy atom. The molecule has 0 saturated heterocycles. The summed E-state index contributed by atoms with van der Waals surface area (Å²) in [5.74, 6) is -1.10. The molecule has 0 saturated carbocycles. The summed E-state index contributed by atoms with van der Waals surface area (Å²) in [4.78, 5) is 11.3. The number of carbonyl (C=O) groups is 1. The van der Waals surface area contributed by atoms with Crippen LogP contribution in [-0.2, 0) is 4.74 Å². The van der Waals surface area contributed by atoms with Crippen molar-refractivity contribution in [1.29, 1.82) is 0 Å². The first kappa shape index (κ1) is 11.7. The number of hydrogen-bond donors (Lipinski definition) is 1. The van der Waals surface area contributed by atoms with Crippen LogP contribution >= 0.6 is 0 Å². The van der Waals surface area contributed by atoms with E-state index in [9.17, 15) is 9.18 Å². The van der Waals surface area contributed by atoms with Gasteiger partial charge in [0.2, 0.25) is 0 Å². The normalized spacial score (nSPS) is 17.7. The van der Waals surface area contributed by atoms with Gasteiger partial charge in [-0.3, -0.25) is 0 Å². The molecule has 0 amide bonds. The molecule has 5 nitrogen and oxygen atoms in total. The molecule has 0 aliphatic carbocycles. The molecule has 0 radical (unpaired) electrons. The molecule has 0 aromatic heterocycles. The maximum Gasteiger partial charge on any atom is 0.340 e. The van der Waals surface area contributed by atoms with E-state index in [-0.39, 0.29) is 30.3 Å². The lowest BCUT2D eigenvalue weighted by Gasteiger charge is -2.25. The largest absolute Gasteiger partial charge is 0.486 e. The van der Waals surface area contributed by atoms with Crippen molar-refractivity contribution in [2.75, 3.05) is 20.3 Å². The fourth-order valence-electron chi connectivity index (χ4n) is 1.49. The number of esters is 1. The highest BCUT2D eigenvalue weighted by atomic mass is 19.1. The van der Waals surface area contributed by atoms with E-state index in [1.54, 1.807) is 0 Å². The van der Waals surface area contributed by atoms with Crippen LogP contribution in [0.15, 0.2) is 12.1 Å². The van der Waals surface area contributed by atoms with Gasteiger partial charge >= 0.3 is 5.97 Å². The maximum atomic E-state index is 13.5. The second kappa shape index (κ2) is 4.58. The zero-order valence-electron chi connectivity index (χ0n) is 9.10. The van der Waals surface area contributed by atoms with Crippen molar-refractivity contribution in [3.05, 3.63) is 23.5 Å². The molecule has 0 spiro atoms. The van der Waals surface area contributed by atoms with E-state index in [0.717, 1.165) is 13.2 Å². The highest BCUT2D eigenvalue weighted by Crippen LogP contribution is 2.34. The first-order valence-electron chi connectivity index (χ1n) is 4.98. The van der Waals surface area contributed by atoms with E-state index >= 15 is 0 Å². The van der Waals surface area contributed by atoms with Crippen LogP contribution in [0.2, 0.25) is 0 Å². The van der Waals surface area contributed by atoms with Gasteiger partial charge in [-0.2, -0.15) is 0 Å². The van der Waals surface area contributed by atoms with Gasteiger partial charge in [-0.05, 0) is 0 Å². The van der Waals surface area contributed by atoms with Crippen molar-refractivity contribution in [3.63, 3.8) is 0 Å². The Morgan fingerprint density at radius 1 is 1.59 bits per heavy atom. The van der Waals surface area contributed by atoms with Gasteiger partial charge in [0.05, 0.1) is 19.3 Å². The highest BCUT2D eigenvalue weighted by molar-refractivity contribution is 5.90. The lowest BCUT2D eigenvalue weighted by atomic mass is 10.1. The lowest BCUT2D eigenvalue weighted by Crippen LogP contribution is -2.32. The van der Waals surface area contributed by atoms with Gasteiger partial charge in [-0.15, -0.1) is 0 Å². The van der Waals surface area contributed by atoms with Crippen molar-refractivity contribution in [2.45, 2.75) is 6.10 Å². The van der Waals surface area contributed by atoms with E-state index in [2.05, 4.69) is 4.74 Å². The molecule has 17 heavy (non-hydrogen) atoms. The number of aliphatic hydroxyl groups excluding tert-OH is 1. The zero-order chi connectivity index (χ0) is 12.4. The fraction of sp³-hybridized carbons (Fsp3) is 0.364. The summed E-state index contributed by atoms with van der Waals surface area (Å²) in [7, 11) is 1.16. The van der Waals surface area contributed by atoms with Crippen LogP contribution in [0.3, 0.4) is 0 Å². The van der Waals surface area contributed by atoms with E-state index in [1.165, 1.54) is 6.07 Å². The van der Waals surface area contributed by atoms with Crippen LogP contribution in [0.5, 0.6) is 11.5 Å². The van der Waals surface area contributed by atoms with Crippen LogP contribution in [0, 0.1) is 5.82 Å². The first-order valence-corrected chi connectivity index (χ1v) is 4.98. The van der Waals surface area contributed by atoms with Gasteiger partial charge < -0.3 is 19.3 Å². The minimum Gasteiger partial charge on any atom is -0.486 e. The Hall–Kier alpha value is -1.82. The summed E-state index contributed by atoms with van der Waals surface area (Å²) >= 11 is 0. The van der Waals surface area contributed by atoms with Crippen LogP contribution in [-0.4, -0.2) is 37.5 Å². The predicted molar refractivity (Wildman–Crippen MR) is 54.7 cm³/mol. The van der Waals surface area contributed by atoms with Gasteiger partial charge in [0, 0.05) is 12.1 Å². The van der Waals surface area contributed by atoms with E-state index in [4.69, 9.17) is 14.6 Å². The predicted octanol–water partition coefficient (Wildman–Crippen LogP) is 0.744. The maximum absolute atomic E-state index is 13.5. The first-order chi connectivity index (χ1) is 8.15. The second-order valence-corrected chi connectivity index (χ2v) is 3.50. The smallest absolute Gasteiger partial charge is 0.340 e. The monoisotopic (exact) mass is 242 g/mol. The number of fused-ring (bicyclic) bond motifs is 1. The lowest BCUT2D eigenvalue weighted by molar-refractivity contribution is 0.0445. The third-order valence-electron chi connectivity index (χ3n) is 2.36. The summed E-state index contributed by atoms with van der Waals surface area (Å²) in [6, 6.07) is 2.27. The molecule has 1 aromatic carbocycles. The second-order valence-electron chi connectivity index (χ2n) is 3.50. The summed E-state index contributed by atoms with van der Waals surface area (Å²) in [5, 5.41) is 8.93. The third kappa shape index (κ3) is 2.16. The van der Waals surface area contributed by atoms with Gasteiger partial charge in [0.1, 0.15) is 12.4 Å². The molecule has 0 bridgehead atoms. The molecule has 92 valence electrons. The number of ether oxygens (including phenoxy) is 3. The number of methoxy groups -OCH3 is 1. The van der Waals surface area contributed by atoms with Crippen LogP contribution in [0.25, 0.3) is 0 Å². The van der Waals surface area contributed by atoms with Gasteiger partial charge in [-0.1, -0.05) is 0 Å². The van der Waals surface area contributed by atoms with E-state index in [0.29, 0.717) is 0 Å². The minimum atomic E-state index is -0.792. The number of rotatable bonds is 2. The number of aliphatic hydroxyl groups is 1. The highest BCUT2D eigenvalue weighted by Gasteiger charge is 2.24. The standard InChI is InChI=1S/C11H11FO5/c1-15-11(14)7-2-10-9(3-8(7)12)16-5-6(4-13)17-10/h2-3,6,13H,4-5H2,1H3. The average Bonchev–Trinajstić information content (AvgIpc) is 2.36. The van der Waals surface area contributed by atoms with E-state index in [1.807, 2.05) is 0 Å². The number of halogens is 1. The number of hydrogen-bond acceptors (Lipinski definition) is 5. The fourth-order valence-corrected chi connectivity index (χ4v) is 1.49. The number of carbonyl (C=O) groups excluding carboxylic acids is 1. The Bertz CT molecular complexity index is 446. The van der Waals surface area contributed by atoms with Gasteiger partial charge in [0.15, 0.2) is 17.6 Å². The molecule has 1 atom stereocenters. The SMILES string of the molecule is COC(=O)c1cc2c(cc1F)OCC(CO)O2. The Balaban J connectivity index is 2.37. The van der Waals surface area contributed by atoms with Crippen LogP contribution in [0.1, 0.15) is 10.4 Å². The van der Waals surface area contributed by atoms with Crippen molar-refractivity contribution >= 4 is 5.97 Å². The Morgan fingerprint density at radius 3 is 3.00 bits per heavy atom. The average molecular weight is 242 g/mol. The molecular formula is C11H11FO5. The molecule has 6 heteroatoms. The third-order valence-corrected chi connectivity index (χ3v) is 2.36. The van der Waals surface area contributed by atoms with Crippen molar-refractivity contribution in [3.8, 4) is 11.5 Å². The molecule has 1 aliphatic heterocycles. The summed E-state index contributed by atoms with van der Waals surface area (Å²) < 4.78 is 28.5. The van der Waals surface area contributed by atoms with Crippen LogP contribution < -0.4 is 9.47 Å². The molecule has 1 heterocycles. The summed E-state index contributed by atoms with van der Waals surface area (Å²) in [6.45, 7) is -0.0785. The van der Waals surface area contributed by atoms with Crippen molar-refractivity contribution in [2.24, 2.45) is 0 Å². The van der Waals surface area contributed by atoms with Crippen LogP contribution in [0.4, 0.5) is 4.39 Å². The summed E-state index contributed by atoms with van der Waals surface area (Å²) in [5.41, 5.74) is -0.228. The van der Waals surface area contributed by atoms with E-state index < -0.39 is 17.9 Å². The molecule has 1 unspecified atom stereocenters.